The number of nitrogens with one attached hydrogen (secondary N) is 2. The first-order valence-electron chi connectivity index (χ1n) is 9.28. The van der Waals surface area contributed by atoms with Crippen LogP contribution in [0.5, 0.6) is 0 Å². The molecule has 2 N–H and O–H groups in total. The topological polar surface area (TPSA) is 48.9 Å². The zero-order valence-corrected chi connectivity index (χ0v) is 15.5. The molecule has 0 aromatic heterocycles. The van der Waals surface area contributed by atoms with Gasteiger partial charge in [0.05, 0.1) is 12.7 Å². The van der Waals surface area contributed by atoms with Crippen molar-refractivity contribution in [1.29, 1.82) is 0 Å². The standard InChI is InChI=1S/C18H36N4O/c1-15(2)11-18(7-5-6-8-18)14-21-17(19-3)20-12-16-13-22(4)9-10-23-16/h15-16H,5-14H2,1-4H3,(H2,19,20,21). The molecule has 1 saturated carbocycles. The second kappa shape index (κ2) is 8.88. The first-order chi connectivity index (χ1) is 11.0. The van der Waals surface area contributed by atoms with E-state index < -0.39 is 0 Å². The van der Waals surface area contributed by atoms with Crippen LogP contribution in [0.25, 0.3) is 0 Å². The van der Waals surface area contributed by atoms with Gasteiger partial charge >= 0.3 is 0 Å². The molecule has 1 aliphatic heterocycles. The molecule has 1 saturated heterocycles. The van der Waals surface area contributed by atoms with Crippen LogP contribution >= 0.6 is 0 Å². The molecule has 1 atom stereocenters. The summed E-state index contributed by atoms with van der Waals surface area (Å²) in [5, 5.41) is 7.02. The van der Waals surface area contributed by atoms with Crippen molar-refractivity contribution in [1.82, 2.24) is 15.5 Å². The largest absolute Gasteiger partial charge is 0.374 e. The molecule has 0 spiro atoms. The molecule has 0 bridgehead atoms. The van der Waals surface area contributed by atoms with Gasteiger partial charge < -0.3 is 20.3 Å². The zero-order valence-electron chi connectivity index (χ0n) is 15.5. The van der Waals surface area contributed by atoms with Crippen molar-refractivity contribution in [2.75, 3.05) is 46.9 Å². The van der Waals surface area contributed by atoms with Gasteiger partial charge in [-0.05, 0) is 37.6 Å². The SMILES string of the molecule is CN=C(NCC1CN(C)CCO1)NCC1(CC(C)C)CCCC1. The molecule has 2 rings (SSSR count). The van der Waals surface area contributed by atoms with Crippen molar-refractivity contribution in [3.05, 3.63) is 0 Å². The van der Waals surface area contributed by atoms with Gasteiger partial charge in [0.2, 0.25) is 0 Å². The maximum atomic E-state index is 5.81. The minimum atomic E-state index is 0.253. The van der Waals surface area contributed by atoms with Crippen LogP contribution in [-0.2, 0) is 4.74 Å². The van der Waals surface area contributed by atoms with E-state index in [1.54, 1.807) is 0 Å². The van der Waals surface area contributed by atoms with E-state index in [0.717, 1.165) is 44.7 Å². The molecule has 134 valence electrons. The van der Waals surface area contributed by atoms with Gasteiger partial charge in [-0.15, -0.1) is 0 Å². The molecule has 1 unspecified atom stereocenters. The van der Waals surface area contributed by atoms with Gasteiger partial charge in [0.15, 0.2) is 5.96 Å². The van der Waals surface area contributed by atoms with Gasteiger partial charge in [0.25, 0.3) is 0 Å². The molecule has 0 amide bonds. The summed E-state index contributed by atoms with van der Waals surface area (Å²) < 4.78 is 5.81. The van der Waals surface area contributed by atoms with Crippen LogP contribution in [0, 0.1) is 11.3 Å². The maximum Gasteiger partial charge on any atom is 0.191 e. The third kappa shape index (κ3) is 5.96. The number of hydrogen-bond donors (Lipinski definition) is 2. The lowest BCUT2D eigenvalue weighted by molar-refractivity contribution is -0.0161. The van der Waals surface area contributed by atoms with E-state index in [0.29, 0.717) is 5.41 Å². The fraction of sp³-hybridized carbons (Fsp3) is 0.944. The van der Waals surface area contributed by atoms with Gasteiger partial charge in [-0.1, -0.05) is 26.7 Å². The number of rotatable bonds is 6. The Labute approximate surface area is 142 Å². The van der Waals surface area contributed by atoms with E-state index in [-0.39, 0.29) is 6.10 Å². The lowest BCUT2D eigenvalue weighted by Gasteiger charge is -2.33. The highest BCUT2D eigenvalue weighted by molar-refractivity contribution is 5.79. The van der Waals surface area contributed by atoms with Crippen LogP contribution in [0.1, 0.15) is 46.0 Å². The van der Waals surface area contributed by atoms with Crippen molar-refractivity contribution in [3.63, 3.8) is 0 Å². The van der Waals surface area contributed by atoms with Crippen LogP contribution in [0.15, 0.2) is 4.99 Å². The summed E-state index contributed by atoms with van der Waals surface area (Å²) in [4.78, 5) is 6.71. The number of likely N-dealkylation sites (N-methyl/N-ethyl adjacent to an activating group) is 1. The Morgan fingerprint density at radius 1 is 1.30 bits per heavy atom. The molecule has 2 aliphatic rings. The summed E-state index contributed by atoms with van der Waals surface area (Å²) >= 11 is 0. The Balaban J connectivity index is 1.77. The van der Waals surface area contributed by atoms with Crippen LogP contribution in [0.3, 0.4) is 0 Å². The van der Waals surface area contributed by atoms with E-state index in [1.165, 1.54) is 32.1 Å². The summed E-state index contributed by atoms with van der Waals surface area (Å²) in [6, 6.07) is 0. The summed E-state index contributed by atoms with van der Waals surface area (Å²) in [5.74, 6) is 1.67. The maximum absolute atomic E-state index is 5.81. The highest BCUT2D eigenvalue weighted by atomic mass is 16.5. The normalized spacial score (nSPS) is 25.8. The number of morpholine rings is 1. The molecule has 0 radical (unpaired) electrons. The molecule has 0 aromatic rings. The minimum absolute atomic E-state index is 0.253. The number of ether oxygens (including phenoxy) is 1. The van der Waals surface area contributed by atoms with Crippen LogP contribution in [-0.4, -0.2) is 63.8 Å². The molecule has 5 heteroatoms. The minimum Gasteiger partial charge on any atom is -0.374 e. The predicted molar refractivity (Wildman–Crippen MR) is 97.0 cm³/mol. The van der Waals surface area contributed by atoms with E-state index >= 15 is 0 Å². The van der Waals surface area contributed by atoms with Crippen molar-refractivity contribution in [2.45, 2.75) is 52.1 Å². The predicted octanol–water partition coefficient (Wildman–Crippen LogP) is 2.09. The number of hydrogen-bond acceptors (Lipinski definition) is 3. The highest BCUT2D eigenvalue weighted by Crippen LogP contribution is 2.42. The van der Waals surface area contributed by atoms with E-state index in [1.807, 2.05) is 7.05 Å². The average Bonchev–Trinajstić information content (AvgIpc) is 2.95. The molecule has 2 fully saturated rings. The molecule has 0 aromatic carbocycles. The Morgan fingerprint density at radius 2 is 2.04 bits per heavy atom. The van der Waals surface area contributed by atoms with Crippen LogP contribution in [0.4, 0.5) is 0 Å². The average molecular weight is 325 g/mol. The second-order valence-corrected chi connectivity index (χ2v) is 7.87. The third-order valence-corrected chi connectivity index (χ3v) is 5.20. The molecular formula is C18H36N4O. The molecule has 5 nitrogen and oxygen atoms in total. The van der Waals surface area contributed by atoms with Crippen molar-refractivity contribution >= 4 is 5.96 Å². The quantitative estimate of drug-likeness (QED) is 0.580. The highest BCUT2D eigenvalue weighted by Gasteiger charge is 2.34. The molecule has 1 aliphatic carbocycles. The van der Waals surface area contributed by atoms with Crippen LogP contribution in [0.2, 0.25) is 0 Å². The zero-order chi connectivity index (χ0) is 16.7. The monoisotopic (exact) mass is 324 g/mol. The van der Waals surface area contributed by atoms with Crippen molar-refractivity contribution < 1.29 is 4.74 Å². The third-order valence-electron chi connectivity index (χ3n) is 5.20. The first kappa shape index (κ1) is 18.5. The summed E-state index contributed by atoms with van der Waals surface area (Å²) in [6.45, 7) is 9.38. The summed E-state index contributed by atoms with van der Waals surface area (Å²) in [7, 11) is 4.01. The van der Waals surface area contributed by atoms with E-state index in [9.17, 15) is 0 Å². The lowest BCUT2D eigenvalue weighted by atomic mass is 9.78. The van der Waals surface area contributed by atoms with Crippen molar-refractivity contribution in [2.24, 2.45) is 16.3 Å². The Bertz CT molecular complexity index is 377. The lowest BCUT2D eigenvalue weighted by Crippen LogP contribution is -2.49. The van der Waals surface area contributed by atoms with Gasteiger partial charge in [-0.2, -0.15) is 0 Å². The molecular weight excluding hydrogens is 288 g/mol. The fourth-order valence-corrected chi connectivity index (χ4v) is 4.14. The van der Waals surface area contributed by atoms with Crippen molar-refractivity contribution in [3.8, 4) is 0 Å². The van der Waals surface area contributed by atoms with Gasteiger partial charge in [0, 0.05) is 33.2 Å². The van der Waals surface area contributed by atoms with E-state index in [2.05, 4.69) is 41.4 Å². The van der Waals surface area contributed by atoms with Gasteiger partial charge in [-0.3, -0.25) is 4.99 Å². The number of guanidine groups is 1. The summed E-state index contributed by atoms with van der Waals surface area (Å²) in [5.41, 5.74) is 0.466. The van der Waals surface area contributed by atoms with Crippen LogP contribution < -0.4 is 10.6 Å². The Morgan fingerprint density at radius 3 is 2.65 bits per heavy atom. The number of aliphatic imine (C=N–C) groups is 1. The molecule has 1 heterocycles. The Hall–Kier alpha value is -0.810. The Kier molecular flexibility index (Phi) is 7.15. The smallest absolute Gasteiger partial charge is 0.191 e. The molecule has 23 heavy (non-hydrogen) atoms. The van der Waals surface area contributed by atoms with E-state index in [4.69, 9.17) is 4.74 Å². The summed E-state index contributed by atoms with van der Waals surface area (Å²) in [6.07, 6.45) is 7.03. The fourth-order valence-electron chi connectivity index (χ4n) is 4.14. The number of nitrogens with zero attached hydrogens (tertiary/aromatic N) is 2. The first-order valence-corrected chi connectivity index (χ1v) is 9.28. The van der Waals surface area contributed by atoms with Gasteiger partial charge in [0.1, 0.15) is 0 Å². The second-order valence-electron chi connectivity index (χ2n) is 7.87. The van der Waals surface area contributed by atoms with Gasteiger partial charge in [-0.25, -0.2) is 0 Å².